The molecule has 0 N–H and O–H groups in total. The number of hydrogen-bond donors (Lipinski definition) is 0. The van der Waals surface area contributed by atoms with Gasteiger partial charge >= 0.3 is 0 Å². The molecule has 7 heteroatoms. The van der Waals surface area contributed by atoms with Crippen molar-refractivity contribution in [2.75, 3.05) is 24.5 Å². The van der Waals surface area contributed by atoms with Crippen molar-refractivity contribution in [2.24, 2.45) is 0 Å². The maximum atomic E-state index is 11.6. The number of fused-ring (bicyclic) bond motifs is 1. The van der Waals surface area contributed by atoms with Crippen molar-refractivity contribution < 1.29 is 4.79 Å². The minimum absolute atomic E-state index is 0.261. The van der Waals surface area contributed by atoms with E-state index in [1.807, 2.05) is 4.90 Å². The largest absolute Gasteiger partial charge is 0.365 e. The number of aromatic nitrogens is 2. The third-order valence-electron chi connectivity index (χ3n) is 3.54. The van der Waals surface area contributed by atoms with E-state index in [2.05, 4.69) is 15.1 Å². The lowest BCUT2D eigenvalue weighted by Gasteiger charge is -2.38. The SMILES string of the molecule is O=C1CCC2CN(c3cc(Cl)nnc3Cl)CCN12. The van der Waals surface area contributed by atoms with Gasteiger partial charge in [-0.05, 0) is 6.42 Å². The molecule has 0 saturated carbocycles. The molecule has 1 aromatic heterocycles. The lowest BCUT2D eigenvalue weighted by Crippen LogP contribution is -2.51. The summed E-state index contributed by atoms with van der Waals surface area (Å²) in [7, 11) is 0. The van der Waals surface area contributed by atoms with E-state index in [1.165, 1.54) is 0 Å². The van der Waals surface area contributed by atoms with Crippen LogP contribution in [-0.2, 0) is 4.79 Å². The van der Waals surface area contributed by atoms with Crippen LogP contribution in [0.5, 0.6) is 0 Å². The third kappa shape index (κ3) is 2.01. The van der Waals surface area contributed by atoms with E-state index in [1.54, 1.807) is 6.07 Å². The van der Waals surface area contributed by atoms with Crippen molar-refractivity contribution in [1.29, 1.82) is 0 Å². The number of carbonyl (C=O) groups is 1. The molecule has 1 atom stereocenters. The molecule has 96 valence electrons. The van der Waals surface area contributed by atoms with E-state index in [0.717, 1.165) is 31.7 Å². The van der Waals surface area contributed by atoms with Crippen LogP contribution in [0, 0.1) is 0 Å². The van der Waals surface area contributed by atoms with E-state index in [0.29, 0.717) is 16.7 Å². The Morgan fingerprint density at radius 2 is 2.11 bits per heavy atom. The molecule has 0 aromatic carbocycles. The lowest BCUT2D eigenvalue weighted by molar-refractivity contribution is -0.129. The van der Waals surface area contributed by atoms with Crippen molar-refractivity contribution in [3.8, 4) is 0 Å². The highest BCUT2D eigenvalue weighted by Gasteiger charge is 2.36. The van der Waals surface area contributed by atoms with Gasteiger partial charge in [0.2, 0.25) is 5.91 Å². The lowest BCUT2D eigenvalue weighted by atomic mass is 10.1. The van der Waals surface area contributed by atoms with Crippen molar-refractivity contribution in [2.45, 2.75) is 18.9 Å². The molecule has 1 amide bonds. The molecule has 2 aliphatic rings. The first-order valence-corrected chi connectivity index (χ1v) is 6.64. The maximum absolute atomic E-state index is 11.6. The van der Waals surface area contributed by atoms with Gasteiger partial charge in [-0.2, -0.15) is 0 Å². The van der Waals surface area contributed by atoms with E-state index < -0.39 is 0 Å². The summed E-state index contributed by atoms with van der Waals surface area (Å²) in [6, 6.07) is 2.01. The molecule has 5 nitrogen and oxygen atoms in total. The van der Waals surface area contributed by atoms with Gasteiger partial charge in [-0.1, -0.05) is 23.2 Å². The Kier molecular flexibility index (Phi) is 3.03. The number of halogens is 2. The number of amides is 1. The van der Waals surface area contributed by atoms with Crippen LogP contribution in [0.3, 0.4) is 0 Å². The molecule has 2 fully saturated rings. The Morgan fingerprint density at radius 3 is 2.94 bits per heavy atom. The van der Waals surface area contributed by atoms with Gasteiger partial charge in [-0.15, -0.1) is 10.2 Å². The Labute approximate surface area is 115 Å². The fourth-order valence-electron chi connectivity index (χ4n) is 2.65. The van der Waals surface area contributed by atoms with Gasteiger partial charge in [0.1, 0.15) is 0 Å². The number of anilines is 1. The van der Waals surface area contributed by atoms with Crippen LogP contribution in [0.15, 0.2) is 6.07 Å². The van der Waals surface area contributed by atoms with Crippen LogP contribution in [-0.4, -0.2) is 46.7 Å². The van der Waals surface area contributed by atoms with Gasteiger partial charge in [0.05, 0.1) is 5.69 Å². The minimum Gasteiger partial charge on any atom is -0.365 e. The summed E-state index contributed by atoms with van der Waals surface area (Å²) in [5.74, 6) is 0.261. The second kappa shape index (κ2) is 4.55. The van der Waals surface area contributed by atoms with Gasteiger partial charge in [0.25, 0.3) is 0 Å². The quantitative estimate of drug-likeness (QED) is 0.787. The topological polar surface area (TPSA) is 49.3 Å². The first-order valence-electron chi connectivity index (χ1n) is 5.88. The Balaban J connectivity index is 1.82. The standard InChI is InChI=1S/C11H12Cl2N4O/c12-9-5-8(11(13)15-14-9)16-3-4-17-7(6-16)1-2-10(17)18/h5,7H,1-4,6H2. The Bertz CT molecular complexity index is 496. The highest BCUT2D eigenvalue weighted by molar-refractivity contribution is 6.33. The van der Waals surface area contributed by atoms with E-state index >= 15 is 0 Å². The Hall–Kier alpha value is -1.07. The van der Waals surface area contributed by atoms with Crippen LogP contribution >= 0.6 is 23.2 Å². The predicted octanol–water partition coefficient (Wildman–Crippen LogP) is 1.59. The molecule has 0 bridgehead atoms. The first-order chi connectivity index (χ1) is 8.65. The first kappa shape index (κ1) is 12.0. The second-order valence-corrected chi connectivity index (χ2v) is 5.31. The van der Waals surface area contributed by atoms with Crippen molar-refractivity contribution >= 4 is 34.8 Å². The number of hydrogen-bond acceptors (Lipinski definition) is 4. The number of piperazine rings is 1. The summed E-state index contributed by atoms with van der Waals surface area (Å²) in [5, 5.41) is 8.21. The normalized spacial score (nSPS) is 23.4. The summed E-state index contributed by atoms with van der Waals surface area (Å²) in [5.41, 5.74) is 0.802. The molecule has 18 heavy (non-hydrogen) atoms. The third-order valence-corrected chi connectivity index (χ3v) is 3.99. The van der Waals surface area contributed by atoms with Gasteiger partial charge < -0.3 is 9.80 Å². The highest BCUT2D eigenvalue weighted by atomic mass is 35.5. The maximum Gasteiger partial charge on any atom is 0.223 e. The molecule has 1 aromatic rings. The smallest absolute Gasteiger partial charge is 0.223 e. The molecule has 3 rings (SSSR count). The van der Waals surface area contributed by atoms with E-state index in [9.17, 15) is 4.79 Å². The minimum atomic E-state index is 0.261. The molecule has 0 aliphatic carbocycles. The summed E-state index contributed by atoms with van der Waals surface area (Å²) in [6.45, 7) is 2.28. The van der Waals surface area contributed by atoms with E-state index in [-0.39, 0.29) is 11.9 Å². The molecule has 0 radical (unpaired) electrons. The summed E-state index contributed by atoms with van der Waals surface area (Å²) < 4.78 is 0. The number of carbonyl (C=O) groups excluding carboxylic acids is 1. The zero-order valence-corrected chi connectivity index (χ0v) is 11.2. The molecular weight excluding hydrogens is 275 g/mol. The molecule has 2 saturated heterocycles. The monoisotopic (exact) mass is 286 g/mol. The average molecular weight is 287 g/mol. The summed E-state index contributed by atoms with van der Waals surface area (Å²) in [6.07, 6.45) is 1.57. The van der Waals surface area contributed by atoms with Gasteiger partial charge in [0, 0.05) is 38.2 Å². The second-order valence-electron chi connectivity index (χ2n) is 4.57. The van der Waals surface area contributed by atoms with Crippen molar-refractivity contribution in [3.63, 3.8) is 0 Å². The van der Waals surface area contributed by atoms with Crippen LogP contribution in [0.1, 0.15) is 12.8 Å². The zero-order valence-electron chi connectivity index (χ0n) is 9.64. The van der Waals surface area contributed by atoms with Crippen LogP contribution in [0.2, 0.25) is 10.3 Å². The molecule has 1 unspecified atom stereocenters. The summed E-state index contributed by atoms with van der Waals surface area (Å²) in [4.78, 5) is 15.7. The van der Waals surface area contributed by atoms with Crippen LogP contribution < -0.4 is 4.90 Å². The predicted molar refractivity (Wildman–Crippen MR) is 69.0 cm³/mol. The van der Waals surface area contributed by atoms with Gasteiger partial charge in [0.15, 0.2) is 10.3 Å². The molecule has 2 aliphatic heterocycles. The zero-order chi connectivity index (χ0) is 12.7. The van der Waals surface area contributed by atoms with Crippen LogP contribution in [0.4, 0.5) is 5.69 Å². The van der Waals surface area contributed by atoms with Crippen molar-refractivity contribution in [1.82, 2.24) is 15.1 Å². The van der Waals surface area contributed by atoms with Crippen LogP contribution in [0.25, 0.3) is 0 Å². The van der Waals surface area contributed by atoms with Gasteiger partial charge in [-0.3, -0.25) is 4.79 Å². The fourth-order valence-corrected chi connectivity index (χ4v) is 3.00. The highest BCUT2D eigenvalue weighted by Crippen LogP contribution is 2.30. The van der Waals surface area contributed by atoms with Crippen molar-refractivity contribution in [3.05, 3.63) is 16.4 Å². The fraction of sp³-hybridized carbons (Fsp3) is 0.545. The number of nitrogens with zero attached hydrogens (tertiary/aromatic N) is 4. The van der Waals surface area contributed by atoms with Gasteiger partial charge in [-0.25, -0.2) is 0 Å². The average Bonchev–Trinajstić information content (AvgIpc) is 2.74. The summed E-state index contributed by atoms with van der Waals surface area (Å²) >= 11 is 11.9. The van der Waals surface area contributed by atoms with E-state index in [4.69, 9.17) is 23.2 Å². The Morgan fingerprint density at radius 1 is 1.28 bits per heavy atom. The molecule has 0 spiro atoms. The number of rotatable bonds is 1. The molecule has 3 heterocycles. The molecular formula is C11H12Cl2N4O.